The number of unbranched alkanes of at least 4 members (excludes halogenated alkanes) is 5. The molecule has 0 aliphatic carbocycles. The number of carboxylic acids is 1. The van der Waals surface area contributed by atoms with Gasteiger partial charge < -0.3 is 5.11 Å². The highest BCUT2D eigenvalue weighted by molar-refractivity contribution is 5.66. The van der Waals surface area contributed by atoms with Gasteiger partial charge in [-0.05, 0) is 44.9 Å². The van der Waals surface area contributed by atoms with E-state index in [9.17, 15) is 4.79 Å². The average molecular weight is 278 g/mol. The van der Waals surface area contributed by atoms with E-state index in [-0.39, 0.29) is 6.42 Å². The highest BCUT2D eigenvalue weighted by atomic mass is 16.4. The van der Waals surface area contributed by atoms with E-state index in [1.165, 1.54) is 25.7 Å². The van der Waals surface area contributed by atoms with Crippen molar-refractivity contribution in [3.63, 3.8) is 0 Å². The molecule has 0 aromatic carbocycles. The summed E-state index contributed by atoms with van der Waals surface area (Å²) in [5, 5.41) is 8.47. The van der Waals surface area contributed by atoms with Crippen molar-refractivity contribution in [2.75, 3.05) is 0 Å². The summed E-state index contributed by atoms with van der Waals surface area (Å²) in [6.07, 6.45) is 23.4. The van der Waals surface area contributed by atoms with E-state index in [1.54, 1.807) is 0 Å². The van der Waals surface area contributed by atoms with Crippen LogP contribution in [0.2, 0.25) is 0 Å². The van der Waals surface area contributed by atoms with Crippen molar-refractivity contribution in [3.05, 3.63) is 36.5 Å². The first kappa shape index (κ1) is 18.7. The van der Waals surface area contributed by atoms with E-state index in [1.807, 2.05) is 6.08 Å². The molecule has 0 radical (unpaired) electrons. The predicted octanol–water partition coefficient (Wildman–Crippen LogP) is 5.66. The van der Waals surface area contributed by atoms with Crippen molar-refractivity contribution in [2.24, 2.45) is 0 Å². The normalized spacial score (nSPS) is 12.1. The molecule has 0 saturated heterocycles. The van der Waals surface area contributed by atoms with Gasteiger partial charge in [0.2, 0.25) is 0 Å². The van der Waals surface area contributed by atoms with Gasteiger partial charge in [0.05, 0.1) is 0 Å². The first-order valence-electron chi connectivity index (χ1n) is 7.94. The van der Waals surface area contributed by atoms with Crippen molar-refractivity contribution >= 4 is 5.97 Å². The predicted molar refractivity (Wildman–Crippen MR) is 86.9 cm³/mol. The maximum atomic E-state index is 10.3. The van der Waals surface area contributed by atoms with Crippen molar-refractivity contribution < 1.29 is 9.90 Å². The molecule has 0 aromatic rings. The smallest absolute Gasteiger partial charge is 0.303 e. The molecule has 0 rings (SSSR count). The summed E-state index contributed by atoms with van der Waals surface area (Å²) in [5.74, 6) is -0.722. The SMILES string of the molecule is CCCCC/C=C/C/C=C/CCC/C=C\CCC(=O)O. The van der Waals surface area contributed by atoms with Crippen LogP contribution in [0.15, 0.2) is 36.5 Å². The monoisotopic (exact) mass is 278 g/mol. The number of carbonyl (C=O) groups is 1. The molecule has 0 aliphatic heterocycles. The van der Waals surface area contributed by atoms with Crippen LogP contribution < -0.4 is 0 Å². The second kappa shape index (κ2) is 15.7. The maximum Gasteiger partial charge on any atom is 0.303 e. The molecule has 0 saturated carbocycles. The Hall–Kier alpha value is -1.31. The molecule has 0 aromatic heterocycles. The molecule has 114 valence electrons. The average Bonchev–Trinajstić information content (AvgIpc) is 2.43. The van der Waals surface area contributed by atoms with E-state index in [0.29, 0.717) is 6.42 Å². The Morgan fingerprint density at radius 1 is 0.800 bits per heavy atom. The van der Waals surface area contributed by atoms with Crippen LogP contribution in [0.5, 0.6) is 0 Å². The minimum absolute atomic E-state index is 0.237. The summed E-state index contributed by atoms with van der Waals surface area (Å²) >= 11 is 0. The molecule has 0 bridgehead atoms. The third kappa shape index (κ3) is 16.7. The third-order valence-electron chi connectivity index (χ3n) is 3.01. The van der Waals surface area contributed by atoms with E-state index >= 15 is 0 Å². The van der Waals surface area contributed by atoms with E-state index in [0.717, 1.165) is 25.7 Å². The second-order valence-electron chi connectivity index (χ2n) is 5.01. The van der Waals surface area contributed by atoms with Gasteiger partial charge in [-0.1, -0.05) is 56.2 Å². The Bertz CT molecular complexity index is 301. The number of rotatable bonds is 13. The van der Waals surface area contributed by atoms with Gasteiger partial charge in [0, 0.05) is 6.42 Å². The van der Waals surface area contributed by atoms with Crippen LogP contribution >= 0.6 is 0 Å². The molecule has 0 aliphatic rings. The Kier molecular flexibility index (Phi) is 14.7. The fourth-order valence-electron chi connectivity index (χ4n) is 1.81. The number of hydrogen-bond donors (Lipinski definition) is 1. The maximum absolute atomic E-state index is 10.3. The third-order valence-corrected chi connectivity index (χ3v) is 3.01. The minimum atomic E-state index is -0.722. The first-order valence-corrected chi connectivity index (χ1v) is 7.94. The van der Waals surface area contributed by atoms with Gasteiger partial charge in [0.1, 0.15) is 0 Å². The number of hydrogen-bond acceptors (Lipinski definition) is 1. The summed E-state index contributed by atoms with van der Waals surface area (Å²) in [5.41, 5.74) is 0. The molecule has 0 amide bonds. The van der Waals surface area contributed by atoms with E-state index in [4.69, 9.17) is 5.11 Å². The molecule has 0 atom stereocenters. The minimum Gasteiger partial charge on any atom is -0.481 e. The van der Waals surface area contributed by atoms with Gasteiger partial charge in [0.15, 0.2) is 0 Å². The van der Waals surface area contributed by atoms with Crippen molar-refractivity contribution in [1.82, 2.24) is 0 Å². The fraction of sp³-hybridized carbons (Fsp3) is 0.611. The zero-order valence-electron chi connectivity index (χ0n) is 12.9. The highest BCUT2D eigenvalue weighted by Crippen LogP contribution is 2.02. The molecule has 0 spiro atoms. The van der Waals surface area contributed by atoms with Crippen molar-refractivity contribution in [2.45, 2.75) is 71.1 Å². The lowest BCUT2D eigenvalue weighted by Crippen LogP contribution is -1.91. The second-order valence-corrected chi connectivity index (χ2v) is 5.01. The molecule has 0 unspecified atom stereocenters. The standard InChI is InChI=1S/C18H30O2/c1-2-3-4-5-6-7-8-9-10-11-12-13-14-15-16-17-18(19)20/h6-7,9-10,14-15H,2-5,8,11-13,16-17H2,1H3,(H,19,20)/b7-6+,10-9+,15-14-. The summed E-state index contributed by atoms with van der Waals surface area (Å²) < 4.78 is 0. The number of carboxylic acid groups (broad SMARTS) is 1. The first-order chi connectivity index (χ1) is 9.77. The Morgan fingerprint density at radius 2 is 1.35 bits per heavy atom. The quantitative estimate of drug-likeness (QED) is 0.348. The molecule has 0 fully saturated rings. The topological polar surface area (TPSA) is 37.3 Å². The fourth-order valence-corrected chi connectivity index (χ4v) is 1.81. The van der Waals surface area contributed by atoms with Gasteiger partial charge in [0.25, 0.3) is 0 Å². The van der Waals surface area contributed by atoms with Crippen LogP contribution in [0, 0.1) is 0 Å². The Morgan fingerprint density at radius 3 is 1.95 bits per heavy atom. The number of allylic oxidation sites excluding steroid dienone is 6. The Balaban J connectivity index is 3.29. The van der Waals surface area contributed by atoms with Crippen LogP contribution in [0.1, 0.15) is 71.1 Å². The molecular formula is C18H30O2. The summed E-state index contributed by atoms with van der Waals surface area (Å²) in [6.45, 7) is 2.23. The number of aliphatic carboxylic acids is 1. The summed E-state index contributed by atoms with van der Waals surface area (Å²) in [4.78, 5) is 10.3. The van der Waals surface area contributed by atoms with Gasteiger partial charge in [-0.2, -0.15) is 0 Å². The molecule has 0 heterocycles. The van der Waals surface area contributed by atoms with Crippen LogP contribution in [-0.4, -0.2) is 11.1 Å². The van der Waals surface area contributed by atoms with E-state index in [2.05, 4.69) is 37.3 Å². The lowest BCUT2D eigenvalue weighted by atomic mass is 10.2. The lowest BCUT2D eigenvalue weighted by Gasteiger charge is -1.92. The molecule has 2 nitrogen and oxygen atoms in total. The van der Waals surface area contributed by atoms with Crippen LogP contribution in [-0.2, 0) is 4.79 Å². The van der Waals surface area contributed by atoms with Gasteiger partial charge in [-0.25, -0.2) is 0 Å². The van der Waals surface area contributed by atoms with Crippen LogP contribution in [0.3, 0.4) is 0 Å². The van der Waals surface area contributed by atoms with Crippen molar-refractivity contribution in [1.29, 1.82) is 0 Å². The van der Waals surface area contributed by atoms with Crippen molar-refractivity contribution in [3.8, 4) is 0 Å². The van der Waals surface area contributed by atoms with E-state index < -0.39 is 5.97 Å². The van der Waals surface area contributed by atoms with Crippen LogP contribution in [0.4, 0.5) is 0 Å². The molecular weight excluding hydrogens is 248 g/mol. The lowest BCUT2D eigenvalue weighted by molar-refractivity contribution is -0.136. The summed E-state index contributed by atoms with van der Waals surface area (Å²) in [6, 6.07) is 0. The van der Waals surface area contributed by atoms with Gasteiger partial charge in [-0.3, -0.25) is 4.79 Å². The largest absolute Gasteiger partial charge is 0.481 e. The zero-order chi connectivity index (χ0) is 14.9. The van der Waals surface area contributed by atoms with Gasteiger partial charge in [-0.15, -0.1) is 0 Å². The molecule has 1 N–H and O–H groups in total. The van der Waals surface area contributed by atoms with Gasteiger partial charge >= 0.3 is 5.97 Å². The van der Waals surface area contributed by atoms with Crippen LogP contribution in [0.25, 0.3) is 0 Å². The molecule has 20 heavy (non-hydrogen) atoms. The Labute approximate surface area is 124 Å². The zero-order valence-corrected chi connectivity index (χ0v) is 12.9. The highest BCUT2D eigenvalue weighted by Gasteiger charge is 1.91. The molecule has 2 heteroatoms. The summed E-state index contributed by atoms with van der Waals surface area (Å²) in [7, 11) is 0.